The van der Waals surface area contributed by atoms with Crippen molar-refractivity contribution in [1.29, 1.82) is 0 Å². The van der Waals surface area contributed by atoms with Gasteiger partial charge in [-0.15, -0.1) is 5.10 Å². The number of carbonyl (C=O) groups is 1. The third kappa shape index (κ3) is 3.18. The fourth-order valence-corrected chi connectivity index (χ4v) is 1.82. The van der Waals surface area contributed by atoms with E-state index in [9.17, 15) is 9.90 Å². The van der Waals surface area contributed by atoms with Gasteiger partial charge in [-0.3, -0.25) is 9.48 Å². The summed E-state index contributed by atoms with van der Waals surface area (Å²) in [6, 6.07) is 3.40. The summed E-state index contributed by atoms with van der Waals surface area (Å²) in [5.41, 5.74) is 0.363. The van der Waals surface area contributed by atoms with E-state index in [1.807, 2.05) is 0 Å². The molecule has 0 unspecified atom stereocenters. The van der Waals surface area contributed by atoms with Crippen LogP contribution in [-0.4, -0.2) is 34.4 Å². The van der Waals surface area contributed by atoms with Crippen molar-refractivity contribution in [2.75, 3.05) is 13.7 Å². The van der Waals surface area contributed by atoms with Crippen molar-refractivity contribution in [3.63, 3.8) is 0 Å². The highest BCUT2D eigenvalue weighted by Crippen LogP contribution is 2.17. The van der Waals surface area contributed by atoms with Crippen molar-refractivity contribution in [1.82, 2.24) is 15.1 Å². The molecule has 0 saturated carbocycles. The summed E-state index contributed by atoms with van der Waals surface area (Å²) in [5.74, 6) is 0.469. The van der Waals surface area contributed by atoms with Crippen molar-refractivity contribution in [3.05, 3.63) is 35.9 Å². The number of hydrogen-bond donors (Lipinski definition) is 2. The molecular weight excluding hydrogens is 262 g/mol. The van der Waals surface area contributed by atoms with E-state index in [1.165, 1.54) is 18.1 Å². The van der Waals surface area contributed by atoms with Crippen LogP contribution in [0, 0.1) is 0 Å². The van der Waals surface area contributed by atoms with Gasteiger partial charge in [0, 0.05) is 19.8 Å². The van der Waals surface area contributed by atoms with Gasteiger partial charge in [-0.2, -0.15) is 0 Å². The van der Waals surface area contributed by atoms with E-state index in [4.69, 9.17) is 9.15 Å². The zero-order chi connectivity index (χ0) is 14.5. The van der Waals surface area contributed by atoms with Gasteiger partial charge in [0.25, 0.3) is 5.91 Å². The molecule has 20 heavy (non-hydrogen) atoms. The molecule has 1 amide bonds. The highest BCUT2D eigenvalue weighted by atomic mass is 16.5. The van der Waals surface area contributed by atoms with Gasteiger partial charge in [0.15, 0.2) is 0 Å². The molecule has 2 heterocycles. The number of carbonyl (C=O) groups excluding carboxylic acids is 1. The lowest BCUT2D eigenvalue weighted by atomic mass is 10.2. The minimum atomic E-state index is -0.735. The van der Waals surface area contributed by atoms with Crippen LogP contribution < -0.4 is 10.1 Å². The topological polar surface area (TPSA) is 89.5 Å². The molecule has 0 aliphatic carbocycles. The van der Waals surface area contributed by atoms with E-state index in [0.29, 0.717) is 24.3 Å². The molecule has 0 spiro atoms. The van der Waals surface area contributed by atoms with Crippen molar-refractivity contribution >= 4 is 5.91 Å². The number of methoxy groups -OCH3 is 1. The minimum Gasteiger partial charge on any atom is -0.479 e. The second-order valence-corrected chi connectivity index (χ2v) is 4.30. The minimum absolute atomic E-state index is 0.275. The Kier molecular flexibility index (Phi) is 4.41. The van der Waals surface area contributed by atoms with Crippen LogP contribution in [0.25, 0.3) is 0 Å². The number of aliphatic hydroxyl groups excluding tert-OH is 1. The number of nitrogens with zero attached hydrogens (tertiary/aromatic N) is 2. The highest BCUT2D eigenvalue weighted by molar-refractivity contribution is 5.96. The first-order valence-corrected chi connectivity index (χ1v) is 6.19. The average molecular weight is 279 g/mol. The second kappa shape index (κ2) is 6.25. The maximum atomic E-state index is 12.0. The van der Waals surface area contributed by atoms with Crippen LogP contribution in [0.2, 0.25) is 0 Å². The molecular formula is C13H17N3O4. The Morgan fingerprint density at radius 3 is 3.10 bits per heavy atom. The first-order valence-electron chi connectivity index (χ1n) is 6.19. The summed E-state index contributed by atoms with van der Waals surface area (Å²) in [6.45, 7) is 0.318. The Labute approximate surface area is 116 Å². The van der Waals surface area contributed by atoms with E-state index in [1.54, 1.807) is 25.4 Å². The number of aryl methyl sites for hydroxylation is 1. The van der Waals surface area contributed by atoms with Gasteiger partial charge in [0.05, 0.1) is 13.4 Å². The molecule has 0 aliphatic heterocycles. The lowest BCUT2D eigenvalue weighted by Crippen LogP contribution is -2.25. The Bertz CT molecular complexity index is 562. The second-order valence-electron chi connectivity index (χ2n) is 4.30. The summed E-state index contributed by atoms with van der Waals surface area (Å²) in [4.78, 5) is 12.0. The molecule has 2 aromatic heterocycles. The molecule has 0 radical (unpaired) electrons. The number of hydrogen-bond acceptors (Lipinski definition) is 5. The van der Waals surface area contributed by atoms with Gasteiger partial charge in [-0.1, -0.05) is 0 Å². The monoisotopic (exact) mass is 279 g/mol. The molecule has 0 bridgehead atoms. The van der Waals surface area contributed by atoms with Gasteiger partial charge >= 0.3 is 0 Å². The largest absolute Gasteiger partial charge is 0.479 e. The van der Waals surface area contributed by atoms with E-state index in [2.05, 4.69) is 10.4 Å². The lowest BCUT2D eigenvalue weighted by molar-refractivity contribution is 0.0933. The third-order valence-electron chi connectivity index (χ3n) is 2.81. The zero-order valence-electron chi connectivity index (χ0n) is 11.4. The van der Waals surface area contributed by atoms with E-state index in [0.717, 1.165) is 0 Å². The summed E-state index contributed by atoms with van der Waals surface area (Å²) < 4.78 is 11.6. The first-order chi connectivity index (χ1) is 9.61. The van der Waals surface area contributed by atoms with Gasteiger partial charge in [-0.05, 0) is 18.6 Å². The summed E-state index contributed by atoms with van der Waals surface area (Å²) >= 11 is 0. The van der Waals surface area contributed by atoms with Crippen molar-refractivity contribution in [2.45, 2.75) is 12.5 Å². The number of aliphatic hydroxyl groups is 1. The van der Waals surface area contributed by atoms with E-state index < -0.39 is 6.10 Å². The molecule has 7 heteroatoms. The molecule has 0 aliphatic rings. The van der Waals surface area contributed by atoms with Crippen LogP contribution in [0.3, 0.4) is 0 Å². The van der Waals surface area contributed by atoms with Crippen molar-refractivity contribution < 1.29 is 19.1 Å². The Balaban J connectivity index is 1.86. The molecule has 2 aromatic rings. The van der Waals surface area contributed by atoms with Crippen molar-refractivity contribution in [3.8, 4) is 5.88 Å². The quantitative estimate of drug-likeness (QED) is 0.819. The maximum absolute atomic E-state index is 12.0. The Morgan fingerprint density at radius 1 is 1.65 bits per heavy atom. The Morgan fingerprint density at radius 2 is 2.45 bits per heavy atom. The number of rotatable bonds is 6. The molecule has 1 atom stereocenters. The van der Waals surface area contributed by atoms with Crippen LogP contribution >= 0.6 is 0 Å². The van der Waals surface area contributed by atoms with Crippen molar-refractivity contribution in [2.24, 2.45) is 7.05 Å². The lowest BCUT2D eigenvalue weighted by Gasteiger charge is -2.08. The van der Waals surface area contributed by atoms with E-state index in [-0.39, 0.29) is 11.8 Å². The van der Waals surface area contributed by atoms with Gasteiger partial charge < -0.3 is 19.6 Å². The smallest absolute Gasteiger partial charge is 0.258 e. The van der Waals surface area contributed by atoms with E-state index >= 15 is 0 Å². The Hall–Kier alpha value is -2.28. The molecule has 0 aromatic carbocycles. The number of nitrogens with one attached hydrogen (secondary N) is 1. The van der Waals surface area contributed by atoms with Crippen LogP contribution in [0.1, 0.15) is 28.6 Å². The van der Waals surface area contributed by atoms with Crippen LogP contribution in [0.5, 0.6) is 5.88 Å². The van der Waals surface area contributed by atoms with Gasteiger partial charge in [0.1, 0.15) is 17.4 Å². The molecule has 2 rings (SSSR count). The average Bonchev–Trinajstić information content (AvgIpc) is 3.07. The number of amides is 1. The molecule has 2 N–H and O–H groups in total. The number of furan rings is 1. The maximum Gasteiger partial charge on any atom is 0.258 e. The number of ether oxygens (including phenoxy) is 1. The van der Waals surface area contributed by atoms with Gasteiger partial charge in [0.2, 0.25) is 5.88 Å². The molecule has 7 nitrogen and oxygen atoms in total. The van der Waals surface area contributed by atoms with Crippen LogP contribution in [-0.2, 0) is 7.05 Å². The first kappa shape index (κ1) is 14.1. The number of aromatic nitrogens is 2. The SMILES string of the molecule is COc1nn(C)cc1C(=O)NCC[C@H](O)c1ccco1. The molecule has 108 valence electrons. The summed E-state index contributed by atoms with van der Waals surface area (Å²) in [7, 11) is 3.17. The standard InChI is InChI=1S/C13H17N3O4/c1-16-8-9(13(15-16)19-2)12(18)14-6-5-10(17)11-4-3-7-20-11/h3-4,7-8,10,17H,5-6H2,1-2H3,(H,14,18)/t10-/m0/s1. The molecule has 0 fully saturated rings. The predicted octanol–water partition coefficient (Wildman–Crippen LogP) is 0.875. The molecule has 0 saturated heterocycles. The van der Waals surface area contributed by atoms with Gasteiger partial charge in [-0.25, -0.2) is 0 Å². The fraction of sp³-hybridized carbons (Fsp3) is 0.385. The predicted molar refractivity (Wildman–Crippen MR) is 70.4 cm³/mol. The highest BCUT2D eigenvalue weighted by Gasteiger charge is 2.17. The zero-order valence-corrected chi connectivity index (χ0v) is 11.4. The normalized spacial score (nSPS) is 12.2. The van der Waals surface area contributed by atoms with Crippen LogP contribution in [0.15, 0.2) is 29.0 Å². The van der Waals surface area contributed by atoms with Crippen LogP contribution in [0.4, 0.5) is 0 Å². The third-order valence-corrected chi connectivity index (χ3v) is 2.81. The fourth-order valence-electron chi connectivity index (χ4n) is 1.82. The summed E-state index contributed by atoms with van der Waals surface area (Å²) in [5, 5.41) is 16.5. The summed E-state index contributed by atoms with van der Waals surface area (Å²) in [6.07, 6.45) is 2.71.